The highest BCUT2D eigenvalue weighted by molar-refractivity contribution is 6.37. The number of fused-ring (bicyclic) bond motifs is 16. The minimum absolute atomic E-state index is 0.295. The van der Waals surface area contributed by atoms with Gasteiger partial charge < -0.3 is 0 Å². The molecular formula is C51H33N3. The van der Waals surface area contributed by atoms with E-state index in [4.69, 9.17) is 9.97 Å². The molecule has 9 aromatic carbocycles. The van der Waals surface area contributed by atoms with Crippen molar-refractivity contribution >= 4 is 75.7 Å². The van der Waals surface area contributed by atoms with Gasteiger partial charge in [-0.2, -0.15) is 0 Å². The number of benzene rings is 9. The first-order valence-corrected chi connectivity index (χ1v) is 18.8. The maximum absolute atomic E-state index is 5.76. The lowest BCUT2D eigenvalue weighted by Gasteiger charge is -2.21. The fourth-order valence-corrected chi connectivity index (χ4v) is 9.59. The zero-order chi connectivity index (χ0) is 35.7. The molecule has 3 nitrogen and oxygen atoms in total. The molecule has 0 spiro atoms. The fourth-order valence-electron chi connectivity index (χ4n) is 9.59. The third-order valence-electron chi connectivity index (χ3n) is 12.1. The lowest BCUT2D eigenvalue weighted by atomic mass is 9.85. The van der Waals surface area contributed by atoms with Gasteiger partial charge >= 0.3 is 0 Å². The van der Waals surface area contributed by atoms with Crippen LogP contribution in [0.25, 0.3) is 104 Å². The quantitative estimate of drug-likeness (QED) is 0.169. The van der Waals surface area contributed by atoms with Crippen LogP contribution in [-0.4, -0.2) is 14.5 Å². The van der Waals surface area contributed by atoms with Crippen molar-refractivity contribution in [1.29, 1.82) is 0 Å². The van der Waals surface area contributed by atoms with Crippen molar-refractivity contribution < 1.29 is 0 Å². The molecule has 2 heterocycles. The van der Waals surface area contributed by atoms with E-state index in [1.165, 1.54) is 70.2 Å². The first-order chi connectivity index (χ1) is 26.6. The molecule has 1 aliphatic carbocycles. The third-order valence-corrected chi connectivity index (χ3v) is 12.1. The summed E-state index contributed by atoms with van der Waals surface area (Å²) in [5.74, 6) is 0.844. The molecule has 1 aliphatic rings. The second-order valence-electron chi connectivity index (χ2n) is 15.3. The Hall–Kier alpha value is -6.84. The molecular weight excluding hydrogens is 655 g/mol. The number of aromatic nitrogens is 3. The van der Waals surface area contributed by atoms with Gasteiger partial charge in [0.2, 0.25) is 0 Å². The van der Waals surface area contributed by atoms with Crippen molar-refractivity contribution in [2.24, 2.45) is 0 Å². The smallest absolute Gasteiger partial charge is 0.165 e. The lowest BCUT2D eigenvalue weighted by Crippen LogP contribution is -2.18. The predicted octanol–water partition coefficient (Wildman–Crippen LogP) is 13.3. The van der Waals surface area contributed by atoms with Gasteiger partial charge in [0.25, 0.3) is 0 Å². The Kier molecular flexibility index (Phi) is 5.84. The van der Waals surface area contributed by atoms with Crippen molar-refractivity contribution in [3.63, 3.8) is 0 Å². The number of rotatable bonds is 2. The molecule has 11 aromatic rings. The molecule has 0 aliphatic heterocycles. The van der Waals surface area contributed by atoms with Crippen molar-refractivity contribution in [1.82, 2.24) is 14.5 Å². The average molecular weight is 688 g/mol. The van der Waals surface area contributed by atoms with Crippen LogP contribution < -0.4 is 0 Å². The summed E-state index contributed by atoms with van der Waals surface area (Å²) < 4.78 is 2.41. The lowest BCUT2D eigenvalue weighted by molar-refractivity contribution is 0.635. The summed E-state index contributed by atoms with van der Waals surface area (Å²) in [6.07, 6.45) is 0. The molecule has 54 heavy (non-hydrogen) atoms. The van der Waals surface area contributed by atoms with Gasteiger partial charge in [0.1, 0.15) is 5.69 Å². The highest BCUT2D eigenvalue weighted by atomic mass is 15.1. The van der Waals surface area contributed by atoms with Gasteiger partial charge in [0.05, 0.1) is 22.4 Å². The Bertz CT molecular complexity index is 3390. The predicted molar refractivity (Wildman–Crippen MR) is 227 cm³/mol. The molecule has 2 aromatic heterocycles. The molecule has 0 fully saturated rings. The molecule has 0 N–H and O–H groups in total. The summed E-state index contributed by atoms with van der Waals surface area (Å²) in [7, 11) is 0. The van der Waals surface area contributed by atoms with Crippen LogP contribution in [0.15, 0.2) is 164 Å². The fraction of sp³-hybridized carbons (Fsp3) is 0.0588. The van der Waals surface area contributed by atoms with Gasteiger partial charge in [-0.25, -0.2) is 9.97 Å². The molecule has 0 radical (unpaired) electrons. The van der Waals surface area contributed by atoms with E-state index < -0.39 is 0 Å². The van der Waals surface area contributed by atoms with Crippen LogP contribution in [0.4, 0.5) is 0 Å². The number of nitrogens with zero attached hydrogens (tertiary/aromatic N) is 3. The van der Waals surface area contributed by atoms with Crippen LogP contribution in [0.3, 0.4) is 0 Å². The van der Waals surface area contributed by atoms with Crippen LogP contribution in [0, 0.1) is 0 Å². The van der Waals surface area contributed by atoms with Gasteiger partial charge in [0, 0.05) is 32.7 Å². The first kappa shape index (κ1) is 29.7. The Morgan fingerprint density at radius 2 is 1.00 bits per heavy atom. The molecule has 0 bridgehead atoms. The summed E-state index contributed by atoms with van der Waals surface area (Å²) >= 11 is 0. The van der Waals surface area contributed by atoms with E-state index >= 15 is 0 Å². The van der Waals surface area contributed by atoms with Crippen molar-refractivity contribution in [3.8, 4) is 28.3 Å². The zero-order valence-corrected chi connectivity index (χ0v) is 29.9. The molecule has 0 unspecified atom stereocenters. The van der Waals surface area contributed by atoms with Crippen LogP contribution in [0.1, 0.15) is 25.1 Å². The van der Waals surface area contributed by atoms with Gasteiger partial charge in [-0.1, -0.05) is 159 Å². The second kappa shape index (κ2) is 10.6. The van der Waals surface area contributed by atoms with Crippen LogP contribution >= 0.6 is 0 Å². The Morgan fingerprint density at radius 3 is 1.80 bits per heavy atom. The van der Waals surface area contributed by atoms with Crippen molar-refractivity contribution in [2.45, 2.75) is 19.3 Å². The maximum atomic E-state index is 5.76. The Labute approximate surface area is 311 Å². The molecule has 0 atom stereocenters. The van der Waals surface area contributed by atoms with Crippen molar-refractivity contribution in [2.75, 3.05) is 0 Å². The molecule has 0 saturated carbocycles. The SMILES string of the molecule is CC1(C)c2ccccc2-c2nc(-n3c4ccc5ccccc5c4c4c5c6ccccc6c6ccccc6c5ccc43)c(-c3ccc4ccccc4c3)nc21. The van der Waals surface area contributed by atoms with E-state index in [0.29, 0.717) is 0 Å². The normalized spacial score (nSPS) is 13.5. The monoisotopic (exact) mass is 687 g/mol. The van der Waals surface area contributed by atoms with E-state index in [9.17, 15) is 0 Å². The molecule has 0 amide bonds. The topological polar surface area (TPSA) is 30.7 Å². The van der Waals surface area contributed by atoms with Crippen LogP contribution in [0.2, 0.25) is 0 Å². The third kappa shape index (κ3) is 3.85. The maximum Gasteiger partial charge on any atom is 0.165 e. The van der Waals surface area contributed by atoms with Crippen molar-refractivity contribution in [3.05, 3.63) is 175 Å². The Balaban J connectivity index is 1.31. The average Bonchev–Trinajstić information content (AvgIpc) is 3.68. The summed E-state index contributed by atoms with van der Waals surface area (Å²) in [6.45, 7) is 4.56. The van der Waals surface area contributed by atoms with Gasteiger partial charge in [-0.3, -0.25) is 4.57 Å². The van der Waals surface area contributed by atoms with Gasteiger partial charge in [0.15, 0.2) is 5.82 Å². The van der Waals surface area contributed by atoms with E-state index in [0.717, 1.165) is 45.1 Å². The second-order valence-corrected chi connectivity index (χ2v) is 15.3. The van der Waals surface area contributed by atoms with Gasteiger partial charge in [-0.05, 0) is 72.2 Å². The summed E-state index contributed by atoms with van der Waals surface area (Å²) in [5, 5.41) is 14.9. The molecule has 252 valence electrons. The molecule has 3 heteroatoms. The summed E-state index contributed by atoms with van der Waals surface area (Å²) in [5.41, 5.74) is 8.29. The number of hydrogen-bond acceptors (Lipinski definition) is 2. The van der Waals surface area contributed by atoms with Crippen LogP contribution in [-0.2, 0) is 5.41 Å². The van der Waals surface area contributed by atoms with E-state index in [1.54, 1.807) is 0 Å². The highest BCUT2D eigenvalue weighted by Crippen LogP contribution is 2.50. The van der Waals surface area contributed by atoms with E-state index in [-0.39, 0.29) is 5.41 Å². The summed E-state index contributed by atoms with van der Waals surface area (Å²) in [4.78, 5) is 11.5. The minimum Gasteiger partial charge on any atom is -0.292 e. The van der Waals surface area contributed by atoms with Gasteiger partial charge in [-0.15, -0.1) is 0 Å². The Morgan fingerprint density at radius 1 is 0.426 bits per heavy atom. The first-order valence-electron chi connectivity index (χ1n) is 18.8. The summed E-state index contributed by atoms with van der Waals surface area (Å²) in [6, 6.07) is 59.8. The molecule has 0 saturated heterocycles. The highest BCUT2D eigenvalue weighted by Gasteiger charge is 2.39. The molecule has 12 rings (SSSR count). The number of hydrogen-bond donors (Lipinski definition) is 0. The van der Waals surface area contributed by atoms with Crippen LogP contribution in [0.5, 0.6) is 0 Å². The largest absolute Gasteiger partial charge is 0.292 e. The zero-order valence-electron chi connectivity index (χ0n) is 29.9. The standard InChI is InChI=1S/C51H33N3/c1-51(2)41-22-12-11-21-40(41)48-49(51)52-47(33-24-23-30-13-3-4-15-32(30)29-33)50(53-48)54-42-27-25-31-14-5-6-16-34(31)45(42)46-43(54)28-26-39-37-19-8-7-17-35(37)36-18-9-10-20-38(36)44(39)46/h3-29H,1-2H3. The minimum atomic E-state index is -0.295. The van der Waals surface area contributed by atoms with E-state index in [1.807, 2.05) is 0 Å². The van der Waals surface area contributed by atoms with E-state index in [2.05, 4.69) is 182 Å².